The molecule has 1 aromatic rings. The summed E-state index contributed by atoms with van der Waals surface area (Å²) in [5.74, 6) is -1.38. The summed E-state index contributed by atoms with van der Waals surface area (Å²) in [6.07, 6.45) is 6.65. The van der Waals surface area contributed by atoms with Crippen LogP contribution in [0.25, 0.3) is 0 Å². The largest absolute Gasteiger partial charge is 0.481 e. The highest BCUT2D eigenvalue weighted by molar-refractivity contribution is 7.91. The van der Waals surface area contributed by atoms with Gasteiger partial charge in [-0.25, -0.2) is 13.4 Å². The minimum atomic E-state index is -3.64. The summed E-state index contributed by atoms with van der Waals surface area (Å²) < 4.78 is 26.4. The Bertz CT molecular complexity index is 661. The standard InChI is InChI=1S/C12H14N2O4S2/c15-12(16)9-2-1-5-14(7-9)20(17,18)10-6-13-11(19-10)8-3-4-8/h1-2,6,8-9H,3-5,7H2,(H,15,16). The van der Waals surface area contributed by atoms with E-state index in [1.165, 1.54) is 27.9 Å². The molecule has 1 aromatic heterocycles. The summed E-state index contributed by atoms with van der Waals surface area (Å²) in [6, 6.07) is 0. The van der Waals surface area contributed by atoms with Crippen molar-refractivity contribution in [2.45, 2.75) is 23.0 Å². The summed E-state index contributed by atoms with van der Waals surface area (Å²) in [6.45, 7) is 0.188. The SMILES string of the molecule is O=C(O)C1C=CCN(S(=O)(=O)c2cnc(C3CC3)s2)C1. The lowest BCUT2D eigenvalue weighted by molar-refractivity contribution is -0.140. The fourth-order valence-electron chi connectivity index (χ4n) is 2.09. The van der Waals surface area contributed by atoms with E-state index in [1.807, 2.05) is 0 Å². The fourth-order valence-corrected chi connectivity index (χ4v) is 4.98. The van der Waals surface area contributed by atoms with E-state index in [-0.39, 0.29) is 17.3 Å². The molecule has 2 aliphatic rings. The molecule has 1 N–H and O–H groups in total. The van der Waals surface area contributed by atoms with Gasteiger partial charge in [-0.2, -0.15) is 4.31 Å². The van der Waals surface area contributed by atoms with Crippen LogP contribution >= 0.6 is 11.3 Å². The first-order valence-corrected chi connectivity index (χ1v) is 8.59. The molecule has 8 heteroatoms. The number of nitrogens with zero attached hydrogens (tertiary/aromatic N) is 2. The van der Waals surface area contributed by atoms with Crippen molar-refractivity contribution in [2.24, 2.45) is 5.92 Å². The Morgan fingerprint density at radius 2 is 2.20 bits per heavy atom. The summed E-state index contributed by atoms with van der Waals surface area (Å²) in [5, 5.41) is 9.86. The van der Waals surface area contributed by atoms with E-state index in [4.69, 9.17) is 5.11 Å². The fraction of sp³-hybridized carbons (Fsp3) is 0.500. The molecule has 0 radical (unpaired) electrons. The molecule has 2 heterocycles. The molecule has 0 spiro atoms. The third kappa shape index (κ3) is 2.50. The van der Waals surface area contributed by atoms with Gasteiger partial charge in [0.25, 0.3) is 10.0 Å². The quantitative estimate of drug-likeness (QED) is 0.846. The van der Waals surface area contributed by atoms with Gasteiger partial charge < -0.3 is 5.11 Å². The molecular formula is C12H14N2O4S2. The van der Waals surface area contributed by atoms with Crippen LogP contribution in [0.4, 0.5) is 0 Å². The number of carboxylic acids is 1. The predicted octanol–water partition coefficient (Wildman–Crippen LogP) is 1.28. The molecule has 0 aromatic carbocycles. The predicted molar refractivity (Wildman–Crippen MR) is 73.1 cm³/mol. The minimum Gasteiger partial charge on any atom is -0.481 e. The summed E-state index contributed by atoms with van der Waals surface area (Å²) in [7, 11) is -3.64. The van der Waals surface area contributed by atoms with Crippen molar-refractivity contribution in [3.05, 3.63) is 23.4 Å². The Morgan fingerprint density at radius 3 is 2.85 bits per heavy atom. The van der Waals surface area contributed by atoms with Crippen LogP contribution in [0.15, 0.2) is 22.6 Å². The van der Waals surface area contributed by atoms with E-state index < -0.39 is 21.9 Å². The second kappa shape index (κ2) is 4.94. The zero-order chi connectivity index (χ0) is 14.3. The van der Waals surface area contributed by atoms with Crippen LogP contribution in [0.5, 0.6) is 0 Å². The van der Waals surface area contributed by atoms with Gasteiger partial charge in [-0.15, -0.1) is 11.3 Å². The Hall–Kier alpha value is -1.25. The average molecular weight is 314 g/mol. The maximum Gasteiger partial charge on any atom is 0.311 e. The Labute approximate surface area is 120 Å². The number of thiazole rings is 1. The molecule has 1 atom stereocenters. The van der Waals surface area contributed by atoms with Crippen molar-refractivity contribution in [3.63, 3.8) is 0 Å². The van der Waals surface area contributed by atoms with Gasteiger partial charge in [0.05, 0.1) is 17.1 Å². The lowest BCUT2D eigenvalue weighted by Crippen LogP contribution is -2.39. The zero-order valence-electron chi connectivity index (χ0n) is 10.6. The Balaban J connectivity index is 1.83. The Kier molecular flexibility index (Phi) is 3.39. The second-order valence-electron chi connectivity index (χ2n) is 4.99. The first-order chi connectivity index (χ1) is 9.48. The number of hydrogen-bond donors (Lipinski definition) is 1. The lowest BCUT2D eigenvalue weighted by atomic mass is 10.1. The van der Waals surface area contributed by atoms with E-state index in [0.29, 0.717) is 5.92 Å². The third-order valence-electron chi connectivity index (χ3n) is 3.42. The Morgan fingerprint density at radius 1 is 1.45 bits per heavy atom. The summed E-state index contributed by atoms with van der Waals surface area (Å²) in [4.78, 5) is 15.2. The van der Waals surface area contributed by atoms with Crippen LogP contribution < -0.4 is 0 Å². The third-order valence-corrected chi connectivity index (χ3v) is 6.85. The number of aromatic nitrogens is 1. The van der Waals surface area contributed by atoms with Crippen molar-refractivity contribution >= 4 is 27.3 Å². The smallest absolute Gasteiger partial charge is 0.311 e. The number of rotatable bonds is 4. The molecule has 20 heavy (non-hydrogen) atoms. The molecule has 1 saturated carbocycles. The van der Waals surface area contributed by atoms with Crippen LogP contribution in [-0.2, 0) is 14.8 Å². The van der Waals surface area contributed by atoms with Crippen LogP contribution in [0, 0.1) is 5.92 Å². The molecule has 1 aliphatic heterocycles. The van der Waals surface area contributed by atoms with Crippen molar-refractivity contribution in [1.29, 1.82) is 0 Å². The molecule has 1 aliphatic carbocycles. The van der Waals surface area contributed by atoms with Gasteiger partial charge in [-0.05, 0) is 12.8 Å². The molecule has 0 saturated heterocycles. The van der Waals surface area contributed by atoms with Gasteiger partial charge >= 0.3 is 5.97 Å². The van der Waals surface area contributed by atoms with E-state index in [1.54, 1.807) is 6.08 Å². The highest BCUT2D eigenvalue weighted by Crippen LogP contribution is 2.42. The van der Waals surface area contributed by atoms with Gasteiger partial charge in [-0.3, -0.25) is 4.79 Å². The molecule has 108 valence electrons. The molecule has 0 bridgehead atoms. The maximum atomic E-state index is 12.5. The monoisotopic (exact) mass is 314 g/mol. The van der Waals surface area contributed by atoms with Crippen molar-refractivity contribution in [1.82, 2.24) is 9.29 Å². The number of sulfonamides is 1. The lowest BCUT2D eigenvalue weighted by Gasteiger charge is -2.25. The van der Waals surface area contributed by atoms with Gasteiger partial charge in [0, 0.05) is 19.0 Å². The zero-order valence-corrected chi connectivity index (χ0v) is 12.2. The van der Waals surface area contributed by atoms with E-state index in [9.17, 15) is 13.2 Å². The van der Waals surface area contributed by atoms with Crippen LogP contribution in [0.2, 0.25) is 0 Å². The average Bonchev–Trinajstić information content (AvgIpc) is 3.16. The van der Waals surface area contributed by atoms with E-state index in [0.717, 1.165) is 17.8 Å². The van der Waals surface area contributed by atoms with Crippen LogP contribution in [0.1, 0.15) is 23.8 Å². The van der Waals surface area contributed by atoms with E-state index in [2.05, 4.69) is 4.98 Å². The topological polar surface area (TPSA) is 87.6 Å². The number of carbonyl (C=O) groups is 1. The van der Waals surface area contributed by atoms with Crippen LogP contribution in [-0.4, -0.2) is 41.9 Å². The minimum absolute atomic E-state index is 0.0230. The number of aliphatic carboxylic acids is 1. The van der Waals surface area contributed by atoms with E-state index >= 15 is 0 Å². The second-order valence-corrected chi connectivity index (χ2v) is 8.21. The van der Waals surface area contributed by atoms with Crippen molar-refractivity contribution < 1.29 is 18.3 Å². The molecular weight excluding hydrogens is 300 g/mol. The highest BCUT2D eigenvalue weighted by Gasteiger charge is 2.34. The molecule has 3 rings (SSSR count). The summed E-state index contributed by atoms with van der Waals surface area (Å²) in [5.41, 5.74) is 0. The first-order valence-electron chi connectivity index (χ1n) is 6.34. The van der Waals surface area contributed by atoms with Crippen molar-refractivity contribution in [3.8, 4) is 0 Å². The van der Waals surface area contributed by atoms with Gasteiger partial charge in [-0.1, -0.05) is 12.2 Å². The molecule has 6 nitrogen and oxygen atoms in total. The maximum absolute atomic E-state index is 12.5. The molecule has 1 unspecified atom stereocenters. The van der Waals surface area contributed by atoms with Gasteiger partial charge in [0.15, 0.2) is 4.21 Å². The van der Waals surface area contributed by atoms with Crippen molar-refractivity contribution in [2.75, 3.05) is 13.1 Å². The summed E-state index contributed by atoms with van der Waals surface area (Å²) >= 11 is 1.20. The highest BCUT2D eigenvalue weighted by atomic mass is 32.2. The first kappa shape index (κ1) is 13.7. The van der Waals surface area contributed by atoms with Gasteiger partial charge in [0.2, 0.25) is 0 Å². The number of carboxylic acid groups (broad SMARTS) is 1. The molecule has 1 fully saturated rings. The number of hydrogen-bond acceptors (Lipinski definition) is 5. The normalized spacial score (nSPS) is 23.9. The molecule has 0 amide bonds. The van der Waals surface area contributed by atoms with Gasteiger partial charge in [0.1, 0.15) is 0 Å². The van der Waals surface area contributed by atoms with Crippen LogP contribution in [0.3, 0.4) is 0 Å².